The smallest absolute Gasteiger partial charge is 0.353 e. The fourth-order valence-electron chi connectivity index (χ4n) is 1.46. The number of methoxy groups -OCH3 is 1. The molecule has 0 radical (unpaired) electrons. The summed E-state index contributed by atoms with van der Waals surface area (Å²) in [7, 11) is 1.48. The molecular formula is C9H9N3O3. The van der Waals surface area contributed by atoms with Gasteiger partial charge in [-0.3, -0.25) is 0 Å². The SMILES string of the molecule is COCc1nc2ccccn2c1[N+](=O)[O-]. The molecule has 6 nitrogen and oxygen atoms in total. The second-order valence-corrected chi connectivity index (χ2v) is 3.00. The maximum Gasteiger partial charge on any atom is 0.353 e. The van der Waals surface area contributed by atoms with E-state index in [-0.39, 0.29) is 12.4 Å². The van der Waals surface area contributed by atoms with Crippen molar-refractivity contribution < 1.29 is 9.66 Å². The van der Waals surface area contributed by atoms with E-state index in [0.29, 0.717) is 11.3 Å². The lowest BCUT2D eigenvalue weighted by molar-refractivity contribution is -0.391. The summed E-state index contributed by atoms with van der Waals surface area (Å²) < 4.78 is 6.31. The van der Waals surface area contributed by atoms with Gasteiger partial charge in [0, 0.05) is 13.2 Å². The average Bonchev–Trinajstić information content (AvgIpc) is 2.56. The summed E-state index contributed by atoms with van der Waals surface area (Å²) in [6, 6.07) is 5.22. The molecule has 0 aliphatic heterocycles. The first-order chi connectivity index (χ1) is 7.24. The lowest BCUT2D eigenvalue weighted by atomic mass is 10.4. The van der Waals surface area contributed by atoms with Crippen molar-refractivity contribution in [2.75, 3.05) is 7.11 Å². The normalized spacial score (nSPS) is 10.7. The average molecular weight is 207 g/mol. The number of imidazole rings is 1. The highest BCUT2D eigenvalue weighted by Crippen LogP contribution is 2.20. The van der Waals surface area contributed by atoms with Gasteiger partial charge in [-0.1, -0.05) is 6.07 Å². The largest absolute Gasteiger partial charge is 0.378 e. The zero-order valence-electron chi connectivity index (χ0n) is 8.08. The van der Waals surface area contributed by atoms with Gasteiger partial charge in [0.05, 0.1) is 12.8 Å². The predicted molar refractivity (Wildman–Crippen MR) is 52.6 cm³/mol. The minimum Gasteiger partial charge on any atom is -0.378 e. The molecule has 6 heteroatoms. The molecule has 0 aliphatic carbocycles. The van der Waals surface area contributed by atoms with Crippen LogP contribution >= 0.6 is 0 Å². The quantitative estimate of drug-likeness (QED) is 0.563. The van der Waals surface area contributed by atoms with Crippen LogP contribution in [-0.4, -0.2) is 21.4 Å². The minimum absolute atomic E-state index is 0.0348. The summed E-state index contributed by atoms with van der Waals surface area (Å²) in [6.07, 6.45) is 1.61. The summed E-state index contributed by atoms with van der Waals surface area (Å²) in [6.45, 7) is 0.137. The van der Waals surface area contributed by atoms with Crippen LogP contribution in [0.2, 0.25) is 0 Å². The van der Waals surface area contributed by atoms with Crippen molar-refractivity contribution in [1.29, 1.82) is 0 Å². The predicted octanol–water partition coefficient (Wildman–Crippen LogP) is 1.39. The maximum absolute atomic E-state index is 10.9. The molecule has 2 aromatic heterocycles. The van der Waals surface area contributed by atoms with E-state index in [1.165, 1.54) is 11.5 Å². The Morgan fingerprint density at radius 3 is 3.07 bits per heavy atom. The molecule has 0 aliphatic rings. The molecule has 78 valence electrons. The lowest BCUT2D eigenvalue weighted by Gasteiger charge is -1.96. The molecule has 2 rings (SSSR count). The molecule has 0 N–H and O–H groups in total. The van der Waals surface area contributed by atoms with Crippen molar-refractivity contribution in [3.8, 4) is 0 Å². The molecule has 0 fully saturated rings. The van der Waals surface area contributed by atoms with E-state index >= 15 is 0 Å². The number of ether oxygens (including phenoxy) is 1. The Kier molecular flexibility index (Phi) is 2.34. The van der Waals surface area contributed by atoms with Crippen LogP contribution < -0.4 is 0 Å². The van der Waals surface area contributed by atoms with E-state index in [2.05, 4.69) is 4.98 Å². The lowest BCUT2D eigenvalue weighted by Crippen LogP contribution is -1.98. The van der Waals surface area contributed by atoms with Crippen LogP contribution in [0.4, 0.5) is 5.82 Å². The number of aromatic nitrogens is 2. The molecule has 0 atom stereocenters. The standard InChI is InChI=1S/C9H9N3O3/c1-15-6-7-9(12(13)14)11-5-3-2-4-8(11)10-7/h2-5H,6H2,1H3. The fourth-order valence-corrected chi connectivity index (χ4v) is 1.46. The Labute approximate surface area is 85.3 Å². The van der Waals surface area contributed by atoms with Crippen LogP contribution in [0.15, 0.2) is 24.4 Å². The molecule has 0 aromatic carbocycles. The molecule has 2 heterocycles. The van der Waals surface area contributed by atoms with E-state index in [1.807, 2.05) is 0 Å². The third kappa shape index (κ3) is 1.55. The van der Waals surface area contributed by atoms with E-state index in [9.17, 15) is 10.1 Å². The number of nitro groups is 1. The fraction of sp³-hybridized carbons (Fsp3) is 0.222. The van der Waals surface area contributed by atoms with Gasteiger partial charge < -0.3 is 14.9 Å². The highest BCUT2D eigenvalue weighted by Gasteiger charge is 2.21. The van der Waals surface area contributed by atoms with Gasteiger partial charge in [-0.05, 0) is 11.0 Å². The first kappa shape index (κ1) is 9.60. The molecule has 0 saturated heterocycles. The van der Waals surface area contributed by atoms with Gasteiger partial charge in [0.1, 0.15) is 0 Å². The van der Waals surface area contributed by atoms with Crippen LogP contribution in [0.25, 0.3) is 5.65 Å². The van der Waals surface area contributed by atoms with Crippen molar-refractivity contribution in [3.63, 3.8) is 0 Å². The maximum atomic E-state index is 10.9. The second-order valence-electron chi connectivity index (χ2n) is 3.00. The Morgan fingerprint density at radius 1 is 1.60 bits per heavy atom. The van der Waals surface area contributed by atoms with E-state index in [0.717, 1.165) is 0 Å². The van der Waals surface area contributed by atoms with Crippen molar-refractivity contribution in [3.05, 3.63) is 40.2 Å². The number of hydrogen-bond donors (Lipinski definition) is 0. The summed E-state index contributed by atoms with van der Waals surface area (Å²) in [5.74, 6) is -0.0348. The Morgan fingerprint density at radius 2 is 2.40 bits per heavy atom. The number of nitrogens with zero attached hydrogens (tertiary/aromatic N) is 3. The summed E-state index contributed by atoms with van der Waals surface area (Å²) >= 11 is 0. The number of rotatable bonds is 3. The van der Waals surface area contributed by atoms with Crippen LogP contribution in [0.1, 0.15) is 5.69 Å². The van der Waals surface area contributed by atoms with Gasteiger partial charge in [-0.15, -0.1) is 0 Å². The van der Waals surface area contributed by atoms with E-state index in [1.54, 1.807) is 24.4 Å². The zero-order chi connectivity index (χ0) is 10.8. The molecule has 0 saturated carbocycles. The highest BCUT2D eigenvalue weighted by atomic mass is 16.6. The van der Waals surface area contributed by atoms with Gasteiger partial charge in [0.2, 0.25) is 5.65 Å². The van der Waals surface area contributed by atoms with Gasteiger partial charge in [-0.2, -0.15) is 4.40 Å². The molecular weight excluding hydrogens is 198 g/mol. The second kappa shape index (κ2) is 3.66. The topological polar surface area (TPSA) is 69.7 Å². The molecule has 0 amide bonds. The Balaban J connectivity index is 2.69. The van der Waals surface area contributed by atoms with Crippen molar-refractivity contribution in [2.24, 2.45) is 0 Å². The Bertz CT molecular complexity index is 506. The monoisotopic (exact) mass is 207 g/mol. The van der Waals surface area contributed by atoms with Crippen molar-refractivity contribution >= 4 is 11.5 Å². The number of fused-ring (bicyclic) bond motifs is 1. The third-order valence-corrected chi connectivity index (χ3v) is 2.03. The first-order valence-electron chi connectivity index (χ1n) is 4.33. The summed E-state index contributed by atoms with van der Waals surface area (Å²) in [4.78, 5) is 14.5. The van der Waals surface area contributed by atoms with Crippen LogP contribution in [0, 0.1) is 10.1 Å². The first-order valence-corrected chi connectivity index (χ1v) is 4.33. The Hall–Kier alpha value is -1.95. The van der Waals surface area contributed by atoms with Gasteiger partial charge in [0.15, 0.2) is 5.69 Å². The number of hydrogen-bond acceptors (Lipinski definition) is 4. The van der Waals surface area contributed by atoms with Crippen molar-refractivity contribution in [2.45, 2.75) is 6.61 Å². The van der Waals surface area contributed by atoms with Crippen LogP contribution in [-0.2, 0) is 11.3 Å². The van der Waals surface area contributed by atoms with Gasteiger partial charge in [-0.25, -0.2) is 4.98 Å². The molecule has 0 bridgehead atoms. The third-order valence-electron chi connectivity index (χ3n) is 2.03. The van der Waals surface area contributed by atoms with Gasteiger partial charge in [0.25, 0.3) is 0 Å². The van der Waals surface area contributed by atoms with Crippen LogP contribution in [0.3, 0.4) is 0 Å². The molecule has 15 heavy (non-hydrogen) atoms. The van der Waals surface area contributed by atoms with Crippen LogP contribution in [0.5, 0.6) is 0 Å². The summed E-state index contributed by atoms with van der Waals surface area (Å²) in [5.41, 5.74) is 0.893. The highest BCUT2D eigenvalue weighted by molar-refractivity contribution is 5.48. The van der Waals surface area contributed by atoms with Gasteiger partial charge >= 0.3 is 5.82 Å². The molecule has 2 aromatic rings. The van der Waals surface area contributed by atoms with E-state index in [4.69, 9.17) is 4.74 Å². The zero-order valence-corrected chi connectivity index (χ0v) is 8.08. The van der Waals surface area contributed by atoms with E-state index < -0.39 is 4.92 Å². The molecule has 0 spiro atoms. The summed E-state index contributed by atoms with van der Waals surface area (Å²) in [5, 5.41) is 10.9. The van der Waals surface area contributed by atoms with Crippen molar-refractivity contribution in [1.82, 2.24) is 9.38 Å². The minimum atomic E-state index is -0.450. The molecule has 0 unspecified atom stereocenters. The number of pyridine rings is 1.